The van der Waals surface area contributed by atoms with E-state index in [0.29, 0.717) is 36.0 Å². The summed E-state index contributed by atoms with van der Waals surface area (Å²) in [5, 5.41) is 2.78. The second-order valence-electron chi connectivity index (χ2n) is 5.25. The van der Waals surface area contributed by atoms with Gasteiger partial charge in [0.1, 0.15) is 5.82 Å². The minimum absolute atomic E-state index is 0.114. The molecule has 0 fully saturated rings. The summed E-state index contributed by atoms with van der Waals surface area (Å²) in [4.78, 5) is 25.6. The number of fused-ring (bicyclic) bond motifs is 1. The molecule has 23 heavy (non-hydrogen) atoms. The fourth-order valence-corrected chi connectivity index (χ4v) is 2.36. The standard InChI is InChI=1S/C17H15FN2O3/c18-12-6-4-11(5-7-12)2-1-3-16(21)19-13-8-9-15-14(10-13)20-17(22)23-15/h4-10H,1-3H2,(H,19,21)(H,20,22). The lowest BCUT2D eigenvalue weighted by molar-refractivity contribution is -0.116. The van der Waals surface area contributed by atoms with Gasteiger partial charge in [0.25, 0.3) is 0 Å². The van der Waals surface area contributed by atoms with Crippen LogP contribution >= 0.6 is 0 Å². The molecular weight excluding hydrogens is 299 g/mol. The van der Waals surface area contributed by atoms with Gasteiger partial charge in [0.15, 0.2) is 5.58 Å². The molecule has 0 aliphatic rings. The van der Waals surface area contributed by atoms with Crippen LogP contribution in [0.2, 0.25) is 0 Å². The highest BCUT2D eigenvalue weighted by Crippen LogP contribution is 2.16. The van der Waals surface area contributed by atoms with Crippen molar-refractivity contribution in [2.45, 2.75) is 19.3 Å². The van der Waals surface area contributed by atoms with E-state index in [1.807, 2.05) is 0 Å². The van der Waals surface area contributed by atoms with E-state index in [1.54, 1.807) is 30.3 Å². The summed E-state index contributed by atoms with van der Waals surface area (Å²) in [6.45, 7) is 0. The maximum atomic E-state index is 12.8. The Morgan fingerprint density at radius 3 is 2.74 bits per heavy atom. The third kappa shape index (κ3) is 3.85. The average molecular weight is 314 g/mol. The van der Waals surface area contributed by atoms with E-state index in [4.69, 9.17) is 4.42 Å². The fourth-order valence-electron chi connectivity index (χ4n) is 2.36. The molecule has 3 aromatic rings. The van der Waals surface area contributed by atoms with Gasteiger partial charge in [-0.1, -0.05) is 12.1 Å². The van der Waals surface area contributed by atoms with E-state index < -0.39 is 5.76 Å². The Kier molecular flexibility index (Phi) is 4.23. The van der Waals surface area contributed by atoms with Crippen LogP contribution in [0.3, 0.4) is 0 Å². The minimum Gasteiger partial charge on any atom is -0.408 e. The zero-order chi connectivity index (χ0) is 16.2. The average Bonchev–Trinajstić information content (AvgIpc) is 2.88. The molecule has 1 amide bonds. The molecule has 3 rings (SSSR count). The summed E-state index contributed by atoms with van der Waals surface area (Å²) in [5.74, 6) is -0.903. The number of oxazole rings is 1. The summed E-state index contributed by atoms with van der Waals surface area (Å²) in [6.07, 6.45) is 1.74. The van der Waals surface area contributed by atoms with Gasteiger partial charge in [-0.25, -0.2) is 9.18 Å². The van der Waals surface area contributed by atoms with Crippen LogP contribution in [0.1, 0.15) is 18.4 Å². The Hall–Kier alpha value is -2.89. The molecule has 6 heteroatoms. The molecule has 0 spiro atoms. The largest absolute Gasteiger partial charge is 0.417 e. The number of halogens is 1. The number of carbonyl (C=O) groups is 1. The number of carbonyl (C=O) groups excluding carboxylic acids is 1. The van der Waals surface area contributed by atoms with Crippen molar-refractivity contribution in [3.8, 4) is 0 Å². The van der Waals surface area contributed by atoms with Crippen molar-refractivity contribution in [3.05, 3.63) is 64.4 Å². The first-order chi connectivity index (χ1) is 11.1. The Balaban J connectivity index is 1.53. The molecule has 0 aliphatic carbocycles. The highest BCUT2D eigenvalue weighted by Gasteiger charge is 2.06. The summed E-state index contributed by atoms with van der Waals surface area (Å²) in [6, 6.07) is 11.2. The van der Waals surface area contributed by atoms with Gasteiger partial charge in [-0.3, -0.25) is 9.78 Å². The molecule has 0 aliphatic heterocycles. The smallest absolute Gasteiger partial charge is 0.408 e. The van der Waals surface area contributed by atoms with Crippen LogP contribution in [0.25, 0.3) is 11.1 Å². The van der Waals surface area contributed by atoms with E-state index in [1.165, 1.54) is 12.1 Å². The molecule has 2 aromatic carbocycles. The topological polar surface area (TPSA) is 75.1 Å². The molecule has 5 nitrogen and oxygen atoms in total. The Morgan fingerprint density at radius 2 is 1.96 bits per heavy atom. The molecule has 0 unspecified atom stereocenters. The van der Waals surface area contributed by atoms with Crippen LogP contribution in [0.15, 0.2) is 51.7 Å². The van der Waals surface area contributed by atoms with Crippen molar-refractivity contribution < 1.29 is 13.6 Å². The Labute approximate surface area is 131 Å². The Bertz CT molecular complexity index is 881. The lowest BCUT2D eigenvalue weighted by Gasteiger charge is -2.05. The van der Waals surface area contributed by atoms with E-state index in [2.05, 4.69) is 10.3 Å². The number of amides is 1. The third-order valence-corrected chi connectivity index (χ3v) is 3.49. The number of nitrogens with one attached hydrogen (secondary N) is 2. The van der Waals surface area contributed by atoms with E-state index in [-0.39, 0.29) is 11.7 Å². The predicted molar refractivity (Wildman–Crippen MR) is 84.8 cm³/mol. The minimum atomic E-state index is -0.525. The number of anilines is 1. The number of hydrogen-bond donors (Lipinski definition) is 2. The first kappa shape index (κ1) is 15.0. The first-order valence-electron chi connectivity index (χ1n) is 7.27. The number of rotatable bonds is 5. The van der Waals surface area contributed by atoms with E-state index in [0.717, 1.165) is 5.56 Å². The van der Waals surface area contributed by atoms with Crippen LogP contribution < -0.4 is 11.1 Å². The lowest BCUT2D eigenvalue weighted by Crippen LogP contribution is -2.11. The van der Waals surface area contributed by atoms with Crippen LogP contribution in [0.5, 0.6) is 0 Å². The molecule has 0 radical (unpaired) electrons. The number of benzene rings is 2. The zero-order valence-corrected chi connectivity index (χ0v) is 12.3. The number of aryl methyl sites for hydroxylation is 1. The highest BCUT2D eigenvalue weighted by atomic mass is 19.1. The van der Waals surface area contributed by atoms with Crippen LogP contribution in [-0.4, -0.2) is 10.9 Å². The number of aromatic amines is 1. The monoisotopic (exact) mass is 314 g/mol. The van der Waals surface area contributed by atoms with Crippen molar-refractivity contribution in [2.24, 2.45) is 0 Å². The van der Waals surface area contributed by atoms with Gasteiger partial charge >= 0.3 is 5.76 Å². The number of hydrogen-bond acceptors (Lipinski definition) is 3. The van der Waals surface area contributed by atoms with Crippen molar-refractivity contribution in [1.82, 2.24) is 4.98 Å². The molecule has 0 saturated carbocycles. The second kappa shape index (κ2) is 6.48. The van der Waals surface area contributed by atoms with E-state index in [9.17, 15) is 14.0 Å². The maximum absolute atomic E-state index is 12.8. The van der Waals surface area contributed by atoms with Gasteiger partial charge in [0, 0.05) is 12.1 Å². The molecule has 0 atom stereocenters. The third-order valence-electron chi connectivity index (χ3n) is 3.49. The van der Waals surface area contributed by atoms with Crippen LogP contribution in [-0.2, 0) is 11.2 Å². The summed E-state index contributed by atoms with van der Waals surface area (Å²) < 4.78 is 17.7. The summed E-state index contributed by atoms with van der Waals surface area (Å²) in [7, 11) is 0. The van der Waals surface area contributed by atoms with Crippen molar-refractivity contribution in [1.29, 1.82) is 0 Å². The SMILES string of the molecule is O=C(CCCc1ccc(F)cc1)Nc1ccc2oc(=O)[nH]c2c1. The van der Waals surface area contributed by atoms with Gasteiger partial charge < -0.3 is 9.73 Å². The van der Waals surface area contributed by atoms with Gasteiger partial charge in [0.2, 0.25) is 5.91 Å². The number of aromatic nitrogens is 1. The second-order valence-corrected chi connectivity index (χ2v) is 5.25. The molecule has 118 valence electrons. The van der Waals surface area contributed by atoms with Gasteiger partial charge in [-0.05, 0) is 48.7 Å². The molecule has 1 heterocycles. The molecular formula is C17H15FN2O3. The van der Waals surface area contributed by atoms with Gasteiger partial charge in [-0.15, -0.1) is 0 Å². The van der Waals surface area contributed by atoms with Crippen molar-refractivity contribution >= 4 is 22.7 Å². The first-order valence-corrected chi connectivity index (χ1v) is 7.27. The van der Waals surface area contributed by atoms with Crippen molar-refractivity contribution in [3.63, 3.8) is 0 Å². The summed E-state index contributed by atoms with van der Waals surface area (Å²) >= 11 is 0. The predicted octanol–water partition coefficient (Wildman–Crippen LogP) is 3.22. The molecule has 1 aromatic heterocycles. The molecule has 0 bridgehead atoms. The lowest BCUT2D eigenvalue weighted by atomic mass is 10.1. The van der Waals surface area contributed by atoms with Gasteiger partial charge in [0.05, 0.1) is 5.52 Å². The normalized spacial score (nSPS) is 10.8. The van der Waals surface area contributed by atoms with Crippen LogP contribution in [0, 0.1) is 5.82 Å². The summed E-state index contributed by atoms with van der Waals surface area (Å²) in [5.41, 5.74) is 2.58. The molecule has 0 saturated heterocycles. The highest BCUT2D eigenvalue weighted by molar-refractivity contribution is 5.92. The number of H-pyrrole nitrogens is 1. The van der Waals surface area contributed by atoms with E-state index >= 15 is 0 Å². The zero-order valence-electron chi connectivity index (χ0n) is 12.3. The maximum Gasteiger partial charge on any atom is 0.417 e. The molecule has 2 N–H and O–H groups in total. The Morgan fingerprint density at radius 1 is 1.17 bits per heavy atom. The van der Waals surface area contributed by atoms with Crippen LogP contribution in [0.4, 0.5) is 10.1 Å². The van der Waals surface area contributed by atoms with Crippen molar-refractivity contribution in [2.75, 3.05) is 5.32 Å². The van der Waals surface area contributed by atoms with Gasteiger partial charge in [-0.2, -0.15) is 0 Å². The fraction of sp³-hybridized carbons (Fsp3) is 0.176. The quantitative estimate of drug-likeness (QED) is 0.759.